The number of aromatic nitrogens is 2. The van der Waals surface area contributed by atoms with Crippen LogP contribution in [0.5, 0.6) is 0 Å². The number of aryl methyl sites for hydroxylation is 2. The first-order valence-electron chi connectivity index (χ1n) is 12.3. The summed E-state index contributed by atoms with van der Waals surface area (Å²) in [6, 6.07) is 6.38. The molecule has 3 amide bonds. The van der Waals surface area contributed by atoms with Crippen LogP contribution in [0.2, 0.25) is 0 Å². The predicted molar refractivity (Wildman–Crippen MR) is 147 cm³/mol. The molecule has 2 aromatic heterocycles. The van der Waals surface area contributed by atoms with E-state index in [9.17, 15) is 24.0 Å². The lowest BCUT2D eigenvalue weighted by Crippen LogP contribution is -2.37. The van der Waals surface area contributed by atoms with Crippen molar-refractivity contribution in [2.24, 2.45) is 17.8 Å². The SMILES string of the molecule is CCN(C(=O)OCOC(=O)/C=C/C(=O)O)C(=O)c1cn(C)c(C(N)=Nc2cc(C(=O)Nc3ccon3)ccc2C)c1C. The van der Waals surface area contributed by atoms with Crippen LogP contribution >= 0.6 is 0 Å². The monoisotopic (exact) mass is 580 g/mol. The van der Waals surface area contributed by atoms with E-state index in [1.54, 1.807) is 50.6 Å². The number of ether oxygens (including phenoxy) is 2. The molecule has 4 N–H and O–H groups in total. The molecule has 15 heteroatoms. The molecule has 1 aromatic carbocycles. The Balaban J connectivity index is 1.78. The Morgan fingerprint density at radius 1 is 1.17 bits per heavy atom. The molecule has 2 heterocycles. The van der Waals surface area contributed by atoms with E-state index < -0.39 is 36.6 Å². The van der Waals surface area contributed by atoms with Gasteiger partial charge in [-0.1, -0.05) is 11.2 Å². The maximum absolute atomic E-state index is 13.3. The zero-order chi connectivity index (χ0) is 31.0. The molecular formula is C27H28N6O9. The van der Waals surface area contributed by atoms with E-state index in [0.717, 1.165) is 10.5 Å². The van der Waals surface area contributed by atoms with Crippen molar-refractivity contribution in [3.63, 3.8) is 0 Å². The minimum Gasteiger partial charge on any atom is -0.478 e. The number of amidine groups is 1. The number of carbonyl (C=O) groups is 5. The number of hydrogen-bond acceptors (Lipinski definition) is 10. The highest BCUT2D eigenvalue weighted by molar-refractivity contribution is 6.08. The number of benzene rings is 1. The van der Waals surface area contributed by atoms with Crippen molar-refractivity contribution in [1.82, 2.24) is 14.6 Å². The van der Waals surface area contributed by atoms with Crippen LogP contribution in [0.4, 0.5) is 16.3 Å². The topological polar surface area (TPSA) is 209 Å². The van der Waals surface area contributed by atoms with Gasteiger partial charge in [0, 0.05) is 43.6 Å². The lowest BCUT2D eigenvalue weighted by molar-refractivity contribution is -0.146. The van der Waals surface area contributed by atoms with Gasteiger partial charge in [-0.3, -0.25) is 9.59 Å². The summed E-state index contributed by atoms with van der Waals surface area (Å²) >= 11 is 0. The molecule has 0 saturated heterocycles. The maximum Gasteiger partial charge on any atom is 0.419 e. The Labute approximate surface area is 239 Å². The Morgan fingerprint density at radius 3 is 2.55 bits per heavy atom. The van der Waals surface area contributed by atoms with Crippen LogP contribution in [0.15, 0.2) is 58.4 Å². The van der Waals surface area contributed by atoms with Gasteiger partial charge < -0.3 is 34.7 Å². The number of nitrogens with zero attached hydrogens (tertiary/aromatic N) is 4. The highest BCUT2D eigenvalue weighted by Crippen LogP contribution is 2.24. The highest BCUT2D eigenvalue weighted by atomic mass is 16.7. The van der Waals surface area contributed by atoms with E-state index in [0.29, 0.717) is 34.7 Å². The fourth-order valence-corrected chi connectivity index (χ4v) is 3.76. The molecule has 220 valence electrons. The minimum absolute atomic E-state index is 0.0539. The Morgan fingerprint density at radius 2 is 1.90 bits per heavy atom. The van der Waals surface area contributed by atoms with Crippen molar-refractivity contribution in [1.29, 1.82) is 0 Å². The summed E-state index contributed by atoms with van der Waals surface area (Å²) in [4.78, 5) is 65.6. The second-order valence-corrected chi connectivity index (χ2v) is 8.68. The van der Waals surface area contributed by atoms with Crippen molar-refractivity contribution in [2.45, 2.75) is 20.8 Å². The van der Waals surface area contributed by atoms with Gasteiger partial charge in [-0.2, -0.15) is 0 Å². The first-order chi connectivity index (χ1) is 19.9. The van der Waals surface area contributed by atoms with E-state index in [1.165, 1.54) is 18.5 Å². The van der Waals surface area contributed by atoms with Crippen LogP contribution in [0.3, 0.4) is 0 Å². The van der Waals surface area contributed by atoms with Crippen LogP contribution in [0.1, 0.15) is 44.5 Å². The molecule has 0 radical (unpaired) electrons. The maximum atomic E-state index is 13.3. The van der Waals surface area contributed by atoms with E-state index >= 15 is 0 Å². The second-order valence-electron chi connectivity index (χ2n) is 8.68. The molecule has 0 spiro atoms. The van der Waals surface area contributed by atoms with Crippen LogP contribution in [-0.4, -0.2) is 68.7 Å². The molecule has 0 aliphatic carbocycles. The van der Waals surface area contributed by atoms with Crippen LogP contribution in [-0.2, 0) is 26.1 Å². The summed E-state index contributed by atoms with van der Waals surface area (Å²) in [7, 11) is 1.65. The molecule has 0 aliphatic rings. The van der Waals surface area contributed by atoms with Crippen LogP contribution in [0, 0.1) is 13.8 Å². The molecule has 3 aromatic rings. The van der Waals surface area contributed by atoms with Crippen LogP contribution < -0.4 is 11.1 Å². The lowest BCUT2D eigenvalue weighted by Gasteiger charge is -2.18. The first kappa shape index (κ1) is 30.8. The summed E-state index contributed by atoms with van der Waals surface area (Å²) in [6.07, 6.45) is 2.93. The summed E-state index contributed by atoms with van der Waals surface area (Å²) < 4.78 is 15.7. The Bertz CT molecular complexity index is 1570. The van der Waals surface area contributed by atoms with Crippen molar-refractivity contribution >= 4 is 47.2 Å². The number of aliphatic carboxylic acids is 1. The fourth-order valence-electron chi connectivity index (χ4n) is 3.76. The van der Waals surface area contributed by atoms with Crippen LogP contribution in [0.25, 0.3) is 0 Å². The number of nitrogens with two attached hydrogens (primary N) is 1. The van der Waals surface area contributed by atoms with Crippen molar-refractivity contribution in [3.8, 4) is 0 Å². The molecule has 0 aliphatic heterocycles. The third kappa shape index (κ3) is 7.47. The number of imide groups is 1. The van der Waals surface area contributed by atoms with E-state index in [1.807, 2.05) is 0 Å². The quantitative estimate of drug-likeness (QED) is 0.104. The van der Waals surface area contributed by atoms with Gasteiger partial charge in [0.05, 0.1) is 16.9 Å². The average Bonchev–Trinajstić information content (AvgIpc) is 3.55. The van der Waals surface area contributed by atoms with Gasteiger partial charge in [-0.05, 0) is 44.0 Å². The van der Waals surface area contributed by atoms with E-state index in [-0.39, 0.29) is 23.8 Å². The number of carboxylic acid groups (broad SMARTS) is 1. The smallest absolute Gasteiger partial charge is 0.419 e. The third-order valence-corrected chi connectivity index (χ3v) is 5.83. The predicted octanol–water partition coefficient (Wildman–Crippen LogP) is 2.66. The van der Waals surface area contributed by atoms with E-state index in [4.69, 9.17) is 20.1 Å². The number of aliphatic imine (C=N–C) groups is 1. The number of hydrogen-bond donors (Lipinski definition) is 3. The molecule has 0 saturated carbocycles. The molecule has 42 heavy (non-hydrogen) atoms. The molecule has 0 bridgehead atoms. The minimum atomic E-state index is -1.36. The normalized spacial score (nSPS) is 11.3. The summed E-state index contributed by atoms with van der Waals surface area (Å²) in [5.74, 6) is -3.23. The molecule has 3 rings (SSSR count). The number of carbonyl (C=O) groups excluding carboxylic acids is 4. The number of rotatable bonds is 10. The molecular weight excluding hydrogens is 552 g/mol. The largest absolute Gasteiger partial charge is 0.478 e. The molecule has 0 fully saturated rings. The van der Waals surface area contributed by atoms with Crippen molar-refractivity contribution in [3.05, 3.63) is 76.8 Å². The zero-order valence-electron chi connectivity index (χ0n) is 23.1. The lowest BCUT2D eigenvalue weighted by atomic mass is 10.1. The first-order valence-corrected chi connectivity index (χ1v) is 12.3. The van der Waals surface area contributed by atoms with Gasteiger partial charge in [-0.15, -0.1) is 0 Å². The molecule has 15 nitrogen and oxygen atoms in total. The number of anilines is 1. The molecule has 0 atom stereocenters. The van der Waals surface area contributed by atoms with Gasteiger partial charge in [-0.25, -0.2) is 24.3 Å². The number of amides is 3. The zero-order valence-corrected chi connectivity index (χ0v) is 23.1. The average molecular weight is 581 g/mol. The van der Waals surface area contributed by atoms with Gasteiger partial charge in [0.25, 0.3) is 11.8 Å². The number of esters is 1. The van der Waals surface area contributed by atoms with Gasteiger partial charge in [0.2, 0.25) is 6.79 Å². The number of nitrogens with one attached hydrogen (secondary N) is 1. The van der Waals surface area contributed by atoms with Gasteiger partial charge in [0.15, 0.2) is 5.82 Å². The highest BCUT2D eigenvalue weighted by Gasteiger charge is 2.27. The number of carboxylic acids is 1. The Kier molecular flexibility index (Phi) is 9.95. The molecule has 0 unspecified atom stereocenters. The standard InChI is InChI=1S/C27H28N6O9/c1-5-33(27(39)41-14-40-22(36)9-8-21(34)35)26(38)18-13-32(4)23(16(18)3)24(28)29-19-12-17(7-6-15(19)2)25(37)30-20-10-11-42-31-20/h6-13H,5,14H2,1-4H3,(H2,28,29)(H,34,35)(H,30,31,37)/b9-8+. The van der Waals surface area contributed by atoms with Crippen molar-refractivity contribution in [2.75, 3.05) is 18.7 Å². The fraction of sp³-hybridized carbons (Fsp3) is 0.222. The van der Waals surface area contributed by atoms with Crippen molar-refractivity contribution < 1.29 is 43.1 Å². The van der Waals surface area contributed by atoms with Gasteiger partial charge in [0.1, 0.15) is 12.1 Å². The third-order valence-electron chi connectivity index (χ3n) is 5.83. The van der Waals surface area contributed by atoms with E-state index in [2.05, 4.69) is 20.2 Å². The van der Waals surface area contributed by atoms with Gasteiger partial charge >= 0.3 is 18.0 Å². The second kappa shape index (κ2) is 13.6. The summed E-state index contributed by atoms with van der Waals surface area (Å²) in [5.41, 5.74) is 8.78. The Hall–Kier alpha value is -5.73. The summed E-state index contributed by atoms with van der Waals surface area (Å²) in [6.45, 7) is 4.07. The summed E-state index contributed by atoms with van der Waals surface area (Å²) in [5, 5.41) is 14.8.